The number of aromatic nitrogens is 1. The topological polar surface area (TPSA) is 48.1 Å². The Balaban J connectivity index is 2.60. The van der Waals surface area contributed by atoms with Crippen LogP contribution in [0.25, 0.3) is 0 Å². The number of aryl methyl sites for hydroxylation is 2. The van der Waals surface area contributed by atoms with Crippen LogP contribution in [-0.2, 0) is 4.74 Å². The highest BCUT2D eigenvalue weighted by Gasteiger charge is 2.13. The zero-order chi connectivity index (χ0) is 10.7. The van der Waals surface area contributed by atoms with Gasteiger partial charge in [0.1, 0.15) is 0 Å². The van der Waals surface area contributed by atoms with E-state index >= 15 is 0 Å². The van der Waals surface area contributed by atoms with Gasteiger partial charge in [-0.2, -0.15) is 0 Å². The van der Waals surface area contributed by atoms with Gasteiger partial charge < -0.3 is 10.5 Å². The van der Waals surface area contributed by atoms with Crippen LogP contribution in [0.3, 0.4) is 0 Å². The molecule has 1 aromatic heterocycles. The normalized spacial score (nSPS) is 13.6. The van der Waals surface area contributed by atoms with Crippen molar-refractivity contribution in [3.8, 4) is 0 Å². The van der Waals surface area contributed by atoms with Gasteiger partial charge in [0.05, 0.1) is 29.5 Å². The van der Waals surface area contributed by atoms with E-state index in [4.69, 9.17) is 10.5 Å². The molecular formula is C10H18N2OS. The van der Waals surface area contributed by atoms with E-state index in [0.29, 0.717) is 6.61 Å². The van der Waals surface area contributed by atoms with E-state index in [0.717, 1.165) is 15.6 Å². The molecule has 0 aliphatic heterocycles. The lowest BCUT2D eigenvalue weighted by molar-refractivity contribution is 0.0687. The summed E-state index contributed by atoms with van der Waals surface area (Å²) in [7, 11) is 0. The molecule has 1 heterocycles. The maximum atomic E-state index is 6.00. The molecule has 0 aliphatic rings. The average molecular weight is 214 g/mol. The number of hydrogen-bond acceptors (Lipinski definition) is 4. The van der Waals surface area contributed by atoms with Crippen LogP contribution in [0.1, 0.15) is 35.5 Å². The van der Waals surface area contributed by atoms with E-state index in [1.54, 1.807) is 11.3 Å². The van der Waals surface area contributed by atoms with Gasteiger partial charge >= 0.3 is 0 Å². The molecule has 1 aromatic rings. The van der Waals surface area contributed by atoms with Crippen LogP contribution in [0.2, 0.25) is 0 Å². The minimum absolute atomic E-state index is 0.0383. The summed E-state index contributed by atoms with van der Waals surface area (Å²) < 4.78 is 5.48. The minimum atomic E-state index is -0.0383. The Morgan fingerprint density at radius 2 is 2.07 bits per heavy atom. The third kappa shape index (κ3) is 3.04. The SMILES string of the molecule is Cc1nc(C)c(C(N)COC(C)C)s1. The van der Waals surface area contributed by atoms with Gasteiger partial charge in [-0.3, -0.25) is 0 Å². The van der Waals surface area contributed by atoms with Crippen LogP contribution >= 0.6 is 11.3 Å². The smallest absolute Gasteiger partial charge is 0.0900 e. The lowest BCUT2D eigenvalue weighted by Crippen LogP contribution is -2.19. The third-order valence-electron chi connectivity index (χ3n) is 1.89. The second kappa shape index (κ2) is 4.87. The lowest BCUT2D eigenvalue weighted by atomic mass is 10.2. The molecule has 1 unspecified atom stereocenters. The van der Waals surface area contributed by atoms with Crippen molar-refractivity contribution in [1.29, 1.82) is 0 Å². The number of nitrogens with zero attached hydrogens (tertiary/aromatic N) is 1. The Kier molecular flexibility index (Phi) is 4.04. The van der Waals surface area contributed by atoms with Crippen molar-refractivity contribution in [3.05, 3.63) is 15.6 Å². The number of nitrogens with two attached hydrogens (primary N) is 1. The summed E-state index contributed by atoms with van der Waals surface area (Å²) in [5.74, 6) is 0. The number of rotatable bonds is 4. The fourth-order valence-corrected chi connectivity index (χ4v) is 2.18. The first kappa shape index (κ1) is 11.6. The second-order valence-corrected chi connectivity index (χ2v) is 4.91. The van der Waals surface area contributed by atoms with Gasteiger partial charge in [0, 0.05) is 4.88 Å². The molecule has 0 aliphatic carbocycles. The molecule has 1 atom stereocenters. The molecule has 0 spiro atoms. The molecule has 0 saturated heterocycles. The number of thiazole rings is 1. The van der Waals surface area contributed by atoms with Crippen molar-refractivity contribution < 1.29 is 4.74 Å². The molecule has 1 rings (SSSR count). The molecule has 0 radical (unpaired) electrons. The molecule has 80 valence electrons. The summed E-state index contributed by atoms with van der Waals surface area (Å²) in [6.07, 6.45) is 0.232. The fourth-order valence-electron chi connectivity index (χ4n) is 1.26. The standard InChI is InChI=1S/C10H18N2OS/c1-6(2)13-5-9(11)10-7(3)12-8(4)14-10/h6,9H,5,11H2,1-4H3. The van der Waals surface area contributed by atoms with Crippen LogP contribution in [0, 0.1) is 13.8 Å². The van der Waals surface area contributed by atoms with Gasteiger partial charge in [0.25, 0.3) is 0 Å². The fraction of sp³-hybridized carbons (Fsp3) is 0.700. The third-order valence-corrected chi connectivity index (χ3v) is 3.09. The largest absolute Gasteiger partial charge is 0.377 e. The molecule has 0 saturated carbocycles. The summed E-state index contributed by atoms with van der Waals surface area (Å²) in [4.78, 5) is 5.48. The Hall–Kier alpha value is -0.450. The van der Waals surface area contributed by atoms with Gasteiger partial charge in [-0.1, -0.05) is 0 Å². The predicted octanol–water partition coefficient (Wildman–Crippen LogP) is 2.18. The van der Waals surface area contributed by atoms with Gasteiger partial charge in [0.2, 0.25) is 0 Å². The summed E-state index contributed by atoms with van der Waals surface area (Å²) in [6, 6.07) is -0.0383. The molecule has 14 heavy (non-hydrogen) atoms. The highest BCUT2D eigenvalue weighted by molar-refractivity contribution is 7.11. The van der Waals surface area contributed by atoms with Crippen LogP contribution < -0.4 is 5.73 Å². The monoisotopic (exact) mass is 214 g/mol. The molecule has 0 bridgehead atoms. The van der Waals surface area contributed by atoms with Crippen molar-refractivity contribution in [2.75, 3.05) is 6.61 Å². The van der Waals surface area contributed by atoms with Crippen molar-refractivity contribution in [1.82, 2.24) is 4.98 Å². The number of hydrogen-bond donors (Lipinski definition) is 1. The maximum absolute atomic E-state index is 6.00. The highest BCUT2D eigenvalue weighted by atomic mass is 32.1. The van der Waals surface area contributed by atoms with E-state index in [1.165, 1.54) is 0 Å². The second-order valence-electron chi connectivity index (χ2n) is 3.67. The first-order valence-corrected chi connectivity index (χ1v) is 5.63. The van der Waals surface area contributed by atoms with Crippen molar-refractivity contribution >= 4 is 11.3 Å². The Morgan fingerprint density at radius 1 is 1.43 bits per heavy atom. The summed E-state index contributed by atoms with van der Waals surface area (Å²) in [5.41, 5.74) is 7.04. The van der Waals surface area contributed by atoms with Crippen LogP contribution in [-0.4, -0.2) is 17.7 Å². The van der Waals surface area contributed by atoms with E-state index in [1.807, 2.05) is 27.7 Å². The maximum Gasteiger partial charge on any atom is 0.0900 e. The number of ether oxygens (including phenoxy) is 1. The van der Waals surface area contributed by atoms with E-state index in [2.05, 4.69) is 4.98 Å². The Morgan fingerprint density at radius 3 is 2.50 bits per heavy atom. The van der Waals surface area contributed by atoms with Crippen molar-refractivity contribution in [3.63, 3.8) is 0 Å². The first-order chi connectivity index (χ1) is 6.50. The molecule has 0 aromatic carbocycles. The van der Waals surface area contributed by atoms with E-state index < -0.39 is 0 Å². The minimum Gasteiger partial charge on any atom is -0.377 e. The molecule has 0 fully saturated rings. The van der Waals surface area contributed by atoms with Gasteiger partial charge in [-0.05, 0) is 27.7 Å². The zero-order valence-corrected chi connectivity index (χ0v) is 10.0. The Labute approximate surface area is 89.3 Å². The lowest BCUT2D eigenvalue weighted by Gasteiger charge is -2.13. The average Bonchev–Trinajstić information content (AvgIpc) is 2.41. The van der Waals surface area contributed by atoms with Gasteiger partial charge in [-0.15, -0.1) is 11.3 Å². The molecule has 0 amide bonds. The summed E-state index contributed by atoms with van der Waals surface area (Å²) in [6.45, 7) is 8.58. The zero-order valence-electron chi connectivity index (χ0n) is 9.20. The van der Waals surface area contributed by atoms with E-state index in [9.17, 15) is 0 Å². The van der Waals surface area contributed by atoms with Crippen LogP contribution in [0.5, 0.6) is 0 Å². The Bertz CT molecular complexity index is 296. The molecule has 3 nitrogen and oxygen atoms in total. The first-order valence-electron chi connectivity index (χ1n) is 4.81. The van der Waals surface area contributed by atoms with Gasteiger partial charge in [-0.25, -0.2) is 4.98 Å². The predicted molar refractivity (Wildman–Crippen MR) is 59.6 cm³/mol. The molecular weight excluding hydrogens is 196 g/mol. The van der Waals surface area contributed by atoms with E-state index in [-0.39, 0.29) is 12.1 Å². The van der Waals surface area contributed by atoms with Crippen LogP contribution in [0.15, 0.2) is 0 Å². The summed E-state index contributed by atoms with van der Waals surface area (Å²) >= 11 is 1.66. The van der Waals surface area contributed by atoms with Gasteiger partial charge in [0.15, 0.2) is 0 Å². The van der Waals surface area contributed by atoms with Crippen molar-refractivity contribution in [2.24, 2.45) is 5.73 Å². The quantitative estimate of drug-likeness (QED) is 0.835. The molecule has 4 heteroatoms. The molecule has 2 N–H and O–H groups in total. The highest BCUT2D eigenvalue weighted by Crippen LogP contribution is 2.23. The van der Waals surface area contributed by atoms with Crippen LogP contribution in [0.4, 0.5) is 0 Å². The van der Waals surface area contributed by atoms with Crippen molar-refractivity contribution in [2.45, 2.75) is 39.8 Å². The summed E-state index contributed by atoms with van der Waals surface area (Å²) in [5, 5.41) is 1.07.